The molecule has 1 rings (SSSR count). The number of carboxylic acids is 2. The molecular weight excluding hydrogens is 400 g/mol. The average molecular weight is 424 g/mol. The van der Waals surface area contributed by atoms with Crippen molar-refractivity contribution in [2.24, 2.45) is 5.73 Å². The first kappa shape index (κ1) is 24.4. The van der Waals surface area contributed by atoms with Crippen LogP contribution in [-0.2, 0) is 30.4 Å². The van der Waals surface area contributed by atoms with Gasteiger partial charge in [-0.2, -0.15) is 0 Å². The van der Waals surface area contributed by atoms with Crippen molar-refractivity contribution in [3.8, 4) is 5.75 Å². The molecule has 12 heteroatoms. The summed E-state index contributed by atoms with van der Waals surface area (Å²) < 4.78 is 0. The minimum Gasteiger partial charge on any atom is -0.508 e. The Labute approximate surface area is 171 Å². The van der Waals surface area contributed by atoms with Crippen LogP contribution in [0.25, 0.3) is 0 Å². The smallest absolute Gasteiger partial charge is 0.322 e. The highest BCUT2D eigenvalue weighted by atomic mass is 16.4. The van der Waals surface area contributed by atoms with E-state index in [1.54, 1.807) is 12.1 Å². The molecule has 164 valence electrons. The molecule has 12 nitrogen and oxygen atoms in total. The van der Waals surface area contributed by atoms with Gasteiger partial charge in [0.15, 0.2) is 0 Å². The lowest BCUT2D eigenvalue weighted by atomic mass is 10.0. The summed E-state index contributed by atoms with van der Waals surface area (Å²) in [5.41, 5.74) is 6.50. The lowest BCUT2D eigenvalue weighted by Gasteiger charge is -2.20. The van der Waals surface area contributed by atoms with Crippen LogP contribution in [0.1, 0.15) is 18.4 Å². The van der Waals surface area contributed by atoms with Crippen LogP contribution in [-0.4, -0.2) is 70.2 Å². The fourth-order valence-corrected chi connectivity index (χ4v) is 2.32. The number of aliphatic carboxylic acids is 2. The molecule has 0 fully saturated rings. The summed E-state index contributed by atoms with van der Waals surface area (Å²) in [4.78, 5) is 57.3. The second-order valence-electron chi connectivity index (χ2n) is 6.36. The quantitative estimate of drug-likeness (QED) is 0.196. The number of phenols is 1. The first-order chi connectivity index (χ1) is 14.1. The highest BCUT2D eigenvalue weighted by Gasteiger charge is 2.25. The van der Waals surface area contributed by atoms with E-state index in [0.717, 1.165) is 0 Å². The van der Waals surface area contributed by atoms with Crippen LogP contribution >= 0.6 is 0 Å². The van der Waals surface area contributed by atoms with E-state index in [1.807, 2.05) is 5.32 Å². The first-order valence-electron chi connectivity index (χ1n) is 8.90. The molecule has 2 atom stereocenters. The summed E-state index contributed by atoms with van der Waals surface area (Å²) in [7, 11) is 0. The van der Waals surface area contributed by atoms with Crippen molar-refractivity contribution < 1.29 is 39.3 Å². The molecule has 0 radical (unpaired) electrons. The molecule has 1 aromatic rings. The summed E-state index contributed by atoms with van der Waals surface area (Å²) in [6, 6.07) is 3.71. The Morgan fingerprint density at radius 1 is 0.900 bits per heavy atom. The largest absolute Gasteiger partial charge is 0.508 e. The number of benzene rings is 1. The van der Waals surface area contributed by atoms with Gasteiger partial charge >= 0.3 is 11.9 Å². The van der Waals surface area contributed by atoms with Gasteiger partial charge in [-0.1, -0.05) is 12.1 Å². The molecule has 0 aliphatic carbocycles. The van der Waals surface area contributed by atoms with Gasteiger partial charge in [-0.25, -0.2) is 0 Å². The maximum Gasteiger partial charge on any atom is 0.322 e. The second-order valence-corrected chi connectivity index (χ2v) is 6.36. The number of carbonyl (C=O) groups is 5. The number of carbonyl (C=O) groups excluding carboxylic acids is 3. The van der Waals surface area contributed by atoms with Crippen molar-refractivity contribution in [2.45, 2.75) is 31.3 Å². The number of aromatic hydroxyl groups is 1. The first-order valence-corrected chi connectivity index (χ1v) is 8.90. The van der Waals surface area contributed by atoms with Crippen LogP contribution in [0.2, 0.25) is 0 Å². The number of nitrogens with one attached hydrogen (secondary N) is 3. The van der Waals surface area contributed by atoms with Crippen molar-refractivity contribution in [2.75, 3.05) is 13.1 Å². The van der Waals surface area contributed by atoms with E-state index < -0.39 is 61.3 Å². The third kappa shape index (κ3) is 9.50. The molecule has 0 aliphatic rings. The standard InChI is InChI=1S/C18H24N4O8/c19-12(7-10-1-3-11(23)4-2-10)17(29)22-13(5-6-15(25)26)18(30)21-8-14(24)20-9-16(27)28/h1-4,12-13,23H,5-9,19H2,(H,20,24)(H,21,30)(H,22,29)(H,25,26)(H,27,28). The average Bonchev–Trinajstić information content (AvgIpc) is 2.68. The van der Waals surface area contributed by atoms with Gasteiger partial charge in [0.1, 0.15) is 18.3 Å². The fourth-order valence-electron chi connectivity index (χ4n) is 2.32. The van der Waals surface area contributed by atoms with E-state index in [0.29, 0.717) is 5.56 Å². The molecule has 0 saturated heterocycles. The predicted octanol–water partition coefficient (Wildman–Crippen LogP) is -2.07. The summed E-state index contributed by atoms with van der Waals surface area (Å²) in [6.07, 6.45) is -0.552. The Morgan fingerprint density at radius 3 is 2.10 bits per heavy atom. The summed E-state index contributed by atoms with van der Waals surface area (Å²) in [6.45, 7) is -1.18. The van der Waals surface area contributed by atoms with Gasteiger partial charge in [0.25, 0.3) is 0 Å². The molecule has 0 saturated carbocycles. The zero-order chi connectivity index (χ0) is 22.7. The van der Waals surface area contributed by atoms with Gasteiger partial charge in [0.2, 0.25) is 17.7 Å². The van der Waals surface area contributed by atoms with Crippen LogP contribution in [0.4, 0.5) is 0 Å². The molecule has 8 N–H and O–H groups in total. The molecule has 30 heavy (non-hydrogen) atoms. The number of phenolic OH excluding ortho intramolecular Hbond substituents is 1. The highest BCUT2D eigenvalue weighted by molar-refractivity contribution is 5.92. The van der Waals surface area contributed by atoms with Crippen molar-refractivity contribution in [3.63, 3.8) is 0 Å². The van der Waals surface area contributed by atoms with Crippen LogP contribution < -0.4 is 21.7 Å². The molecular formula is C18H24N4O8. The normalized spacial score (nSPS) is 12.3. The second kappa shape index (κ2) is 12.0. The van der Waals surface area contributed by atoms with E-state index in [4.69, 9.17) is 15.9 Å². The Hall–Kier alpha value is -3.67. The van der Waals surface area contributed by atoms with Crippen molar-refractivity contribution in [3.05, 3.63) is 29.8 Å². The maximum atomic E-state index is 12.3. The van der Waals surface area contributed by atoms with Gasteiger partial charge in [0.05, 0.1) is 12.6 Å². The summed E-state index contributed by atoms with van der Waals surface area (Å²) in [5, 5.41) is 33.2. The molecule has 0 aromatic heterocycles. The minimum absolute atomic E-state index is 0.0505. The Balaban J connectivity index is 2.66. The van der Waals surface area contributed by atoms with E-state index in [2.05, 4.69) is 10.6 Å². The molecule has 0 bridgehead atoms. The van der Waals surface area contributed by atoms with Gasteiger partial charge in [-0.3, -0.25) is 24.0 Å². The summed E-state index contributed by atoms with van der Waals surface area (Å²) >= 11 is 0. The van der Waals surface area contributed by atoms with Crippen molar-refractivity contribution >= 4 is 29.7 Å². The van der Waals surface area contributed by atoms with Crippen LogP contribution in [0, 0.1) is 0 Å². The number of rotatable bonds is 12. The van der Waals surface area contributed by atoms with Gasteiger partial charge < -0.3 is 37.0 Å². The van der Waals surface area contributed by atoms with E-state index >= 15 is 0 Å². The fraction of sp³-hybridized carbons (Fsp3) is 0.389. The van der Waals surface area contributed by atoms with E-state index in [9.17, 15) is 29.1 Å². The lowest BCUT2D eigenvalue weighted by Crippen LogP contribution is -2.53. The molecule has 1 aromatic carbocycles. The van der Waals surface area contributed by atoms with Crippen molar-refractivity contribution in [1.82, 2.24) is 16.0 Å². The topological polar surface area (TPSA) is 208 Å². The van der Waals surface area contributed by atoms with Crippen LogP contribution in [0.15, 0.2) is 24.3 Å². The Morgan fingerprint density at radius 2 is 1.53 bits per heavy atom. The summed E-state index contributed by atoms with van der Waals surface area (Å²) in [5.74, 6) is -4.68. The van der Waals surface area contributed by atoms with E-state index in [1.165, 1.54) is 12.1 Å². The number of hydrogen-bond donors (Lipinski definition) is 7. The zero-order valence-electron chi connectivity index (χ0n) is 16.0. The monoisotopic (exact) mass is 424 g/mol. The predicted molar refractivity (Wildman–Crippen MR) is 102 cm³/mol. The number of hydrogen-bond acceptors (Lipinski definition) is 7. The molecule has 3 amide bonds. The third-order valence-electron chi connectivity index (χ3n) is 3.87. The number of nitrogens with two attached hydrogens (primary N) is 1. The zero-order valence-corrected chi connectivity index (χ0v) is 16.0. The van der Waals surface area contributed by atoms with E-state index in [-0.39, 0.29) is 18.6 Å². The Bertz CT molecular complexity index is 781. The highest BCUT2D eigenvalue weighted by Crippen LogP contribution is 2.11. The van der Waals surface area contributed by atoms with Crippen LogP contribution in [0.5, 0.6) is 5.75 Å². The maximum absolute atomic E-state index is 12.3. The van der Waals surface area contributed by atoms with Gasteiger partial charge in [-0.05, 0) is 30.5 Å². The van der Waals surface area contributed by atoms with Crippen molar-refractivity contribution in [1.29, 1.82) is 0 Å². The van der Waals surface area contributed by atoms with Gasteiger partial charge in [-0.15, -0.1) is 0 Å². The molecule has 2 unspecified atom stereocenters. The molecule has 0 aliphatic heterocycles. The van der Waals surface area contributed by atoms with Crippen LogP contribution in [0.3, 0.4) is 0 Å². The molecule has 0 spiro atoms. The minimum atomic E-state index is -1.26. The van der Waals surface area contributed by atoms with Gasteiger partial charge in [0, 0.05) is 6.42 Å². The number of amides is 3. The molecule has 0 heterocycles. The number of carboxylic acid groups (broad SMARTS) is 2. The Kier molecular flexibility index (Phi) is 9.76. The SMILES string of the molecule is NC(Cc1ccc(O)cc1)C(=O)NC(CCC(=O)O)C(=O)NCC(=O)NCC(=O)O. The lowest BCUT2D eigenvalue weighted by molar-refractivity contribution is -0.138. The third-order valence-corrected chi connectivity index (χ3v) is 3.87.